The lowest BCUT2D eigenvalue weighted by molar-refractivity contribution is -0.141. The van der Waals surface area contributed by atoms with Gasteiger partial charge in [-0.2, -0.15) is 0 Å². The molecule has 0 atom stereocenters. The summed E-state index contributed by atoms with van der Waals surface area (Å²) >= 11 is 0. The maximum absolute atomic E-state index is 11.5. The predicted molar refractivity (Wildman–Crippen MR) is 80.5 cm³/mol. The van der Waals surface area contributed by atoms with Gasteiger partial charge in [0.05, 0.1) is 7.11 Å². The van der Waals surface area contributed by atoms with Gasteiger partial charge in [0.15, 0.2) is 0 Å². The van der Waals surface area contributed by atoms with Gasteiger partial charge in [0.1, 0.15) is 6.54 Å². The van der Waals surface area contributed by atoms with E-state index >= 15 is 0 Å². The monoisotopic (exact) mass is 274 g/mol. The molecule has 20 heavy (non-hydrogen) atoms. The van der Waals surface area contributed by atoms with E-state index < -0.39 is 0 Å². The van der Waals surface area contributed by atoms with E-state index in [9.17, 15) is 4.79 Å². The van der Waals surface area contributed by atoms with Crippen molar-refractivity contribution in [2.24, 2.45) is 5.92 Å². The molecule has 0 radical (unpaired) electrons. The molecule has 1 aromatic heterocycles. The highest BCUT2D eigenvalue weighted by molar-refractivity contribution is 5.85. The number of hydrogen-bond donors (Lipinski definition) is 1. The first-order chi connectivity index (χ1) is 9.61. The topological polar surface area (TPSA) is 43.3 Å². The fourth-order valence-electron chi connectivity index (χ4n) is 2.29. The molecular formula is C16H22N2O2. The molecule has 0 unspecified atom stereocenters. The predicted octanol–water partition coefficient (Wildman–Crippen LogP) is 2.56. The molecule has 4 heteroatoms. The highest BCUT2D eigenvalue weighted by atomic mass is 16.5. The minimum atomic E-state index is -0.229. The van der Waals surface area contributed by atoms with Gasteiger partial charge >= 0.3 is 5.97 Å². The molecule has 0 saturated heterocycles. The van der Waals surface area contributed by atoms with E-state index in [1.54, 1.807) is 0 Å². The van der Waals surface area contributed by atoms with E-state index in [4.69, 9.17) is 4.74 Å². The number of carbonyl (C=O) groups excluding carboxylic acids is 1. The number of aromatic nitrogens is 1. The number of rotatable bonds is 6. The first kappa shape index (κ1) is 14.6. The van der Waals surface area contributed by atoms with Crippen LogP contribution in [0.2, 0.25) is 0 Å². The summed E-state index contributed by atoms with van der Waals surface area (Å²) in [7, 11) is 1.42. The van der Waals surface area contributed by atoms with Crippen LogP contribution in [0.5, 0.6) is 0 Å². The van der Waals surface area contributed by atoms with Crippen LogP contribution < -0.4 is 5.32 Å². The second-order valence-electron chi connectivity index (χ2n) is 5.40. The van der Waals surface area contributed by atoms with E-state index in [1.165, 1.54) is 18.1 Å². The maximum atomic E-state index is 11.5. The van der Waals surface area contributed by atoms with Crippen LogP contribution in [0.25, 0.3) is 10.9 Å². The summed E-state index contributed by atoms with van der Waals surface area (Å²) in [6, 6.07) is 8.14. The number of nitrogens with zero attached hydrogens (tertiary/aromatic N) is 1. The minimum Gasteiger partial charge on any atom is -0.468 e. The Kier molecular flexibility index (Phi) is 4.79. The number of benzene rings is 1. The molecule has 0 aliphatic rings. The van der Waals surface area contributed by atoms with Gasteiger partial charge in [0.25, 0.3) is 0 Å². The third kappa shape index (κ3) is 3.39. The van der Waals surface area contributed by atoms with Crippen molar-refractivity contribution >= 4 is 16.9 Å². The van der Waals surface area contributed by atoms with E-state index in [0.717, 1.165) is 18.6 Å². The minimum absolute atomic E-state index is 0.229. The molecule has 1 aromatic carbocycles. The van der Waals surface area contributed by atoms with E-state index in [1.807, 2.05) is 29.0 Å². The van der Waals surface area contributed by atoms with Crippen molar-refractivity contribution in [1.29, 1.82) is 0 Å². The first-order valence-corrected chi connectivity index (χ1v) is 6.96. The second kappa shape index (κ2) is 6.57. The van der Waals surface area contributed by atoms with Crippen LogP contribution in [0.3, 0.4) is 0 Å². The van der Waals surface area contributed by atoms with Crippen molar-refractivity contribution in [2.45, 2.75) is 26.9 Å². The molecule has 1 N–H and O–H groups in total. The van der Waals surface area contributed by atoms with Crippen molar-refractivity contribution in [3.63, 3.8) is 0 Å². The Balaban J connectivity index is 2.23. The molecule has 2 rings (SSSR count). The number of methoxy groups -OCH3 is 1. The second-order valence-corrected chi connectivity index (χ2v) is 5.40. The fourth-order valence-corrected chi connectivity index (χ4v) is 2.29. The largest absolute Gasteiger partial charge is 0.468 e. The van der Waals surface area contributed by atoms with Crippen LogP contribution in [-0.2, 0) is 22.6 Å². The lowest BCUT2D eigenvalue weighted by atomic mass is 10.1. The Bertz CT molecular complexity index is 587. The van der Waals surface area contributed by atoms with Crippen molar-refractivity contribution in [1.82, 2.24) is 9.88 Å². The van der Waals surface area contributed by atoms with Gasteiger partial charge in [-0.05, 0) is 24.1 Å². The zero-order chi connectivity index (χ0) is 14.5. The van der Waals surface area contributed by atoms with Crippen LogP contribution in [-0.4, -0.2) is 24.2 Å². The van der Waals surface area contributed by atoms with E-state index in [0.29, 0.717) is 5.92 Å². The van der Waals surface area contributed by atoms with Crippen molar-refractivity contribution in [2.75, 3.05) is 13.7 Å². The highest BCUT2D eigenvalue weighted by Crippen LogP contribution is 2.21. The zero-order valence-electron chi connectivity index (χ0n) is 12.3. The zero-order valence-corrected chi connectivity index (χ0v) is 12.3. The van der Waals surface area contributed by atoms with Crippen LogP contribution in [0.4, 0.5) is 0 Å². The van der Waals surface area contributed by atoms with E-state index in [-0.39, 0.29) is 12.5 Å². The van der Waals surface area contributed by atoms with Gasteiger partial charge in [-0.25, -0.2) is 0 Å². The van der Waals surface area contributed by atoms with Crippen molar-refractivity contribution < 1.29 is 9.53 Å². The Hall–Kier alpha value is -1.81. The molecule has 1 heterocycles. The summed E-state index contributed by atoms with van der Waals surface area (Å²) in [5.74, 6) is 0.394. The third-order valence-corrected chi connectivity index (χ3v) is 3.27. The number of para-hydroxylation sites is 1. The molecule has 0 bridgehead atoms. The van der Waals surface area contributed by atoms with Gasteiger partial charge in [0.2, 0.25) is 0 Å². The maximum Gasteiger partial charge on any atom is 0.325 e. The summed E-state index contributed by atoms with van der Waals surface area (Å²) in [6.45, 7) is 6.42. The molecule has 0 spiro atoms. The molecule has 0 fully saturated rings. The molecule has 0 aliphatic heterocycles. The van der Waals surface area contributed by atoms with Gasteiger partial charge in [0, 0.05) is 23.6 Å². The summed E-state index contributed by atoms with van der Waals surface area (Å²) in [4.78, 5) is 11.5. The lowest BCUT2D eigenvalue weighted by Crippen LogP contribution is -2.18. The standard InChI is InChI=1S/C16H22N2O2/c1-12(2)8-17-9-13-10-18(11-16(19)20-3)15-7-5-4-6-14(13)15/h4-7,10,12,17H,8-9,11H2,1-3H3. The average molecular weight is 274 g/mol. The summed E-state index contributed by atoms with van der Waals surface area (Å²) in [5.41, 5.74) is 2.28. The Morgan fingerprint density at radius 2 is 2.10 bits per heavy atom. The average Bonchev–Trinajstić information content (AvgIpc) is 2.77. The molecule has 0 amide bonds. The molecule has 0 saturated carbocycles. The summed E-state index contributed by atoms with van der Waals surface area (Å²) < 4.78 is 6.70. The van der Waals surface area contributed by atoms with Crippen LogP contribution in [0.15, 0.2) is 30.5 Å². The number of hydrogen-bond acceptors (Lipinski definition) is 3. The Morgan fingerprint density at radius 1 is 1.35 bits per heavy atom. The summed E-state index contributed by atoms with van der Waals surface area (Å²) in [6.07, 6.45) is 2.04. The quantitative estimate of drug-likeness (QED) is 0.823. The smallest absolute Gasteiger partial charge is 0.325 e. The van der Waals surface area contributed by atoms with Gasteiger partial charge in [-0.1, -0.05) is 32.0 Å². The molecular weight excluding hydrogens is 252 g/mol. The summed E-state index contributed by atoms with van der Waals surface area (Å²) in [5, 5.41) is 4.63. The first-order valence-electron chi connectivity index (χ1n) is 6.96. The van der Waals surface area contributed by atoms with Gasteiger partial charge in [-0.3, -0.25) is 4.79 Å². The Morgan fingerprint density at radius 3 is 2.80 bits per heavy atom. The SMILES string of the molecule is COC(=O)Cn1cc(CNCC(C)C)c2ccccc21. The van der Waals surface area contributed by atoms with Crippen molar-refractivity contribution in [3.8, 4) is 0 Å². The number of nitrogens with one attached hydrogen (secondary N) is 1. The van der Waals surface area contributed by atoms with Gasteiger partial charge in [-0.15, -0.1) is 0 Å². The van der Waals surface area contributed by atoms with Crippen LogP contribution >= 0.6 is 0 Å². The molecule has 2 aromatic rings. The lowest BCUT2D eigenvalue weighted by Gasteiger charge is -2.06. The van der Waals surface area contributed by atoms with E-state index in [2.05, 4.69) is 25.2 Å². The number of ether oxygens (including phenoxy) is 1. The van der Waals surface area contributed by atoms with Crippen molar-refractivity contribution in [3.05, 3.63) is 36.0 Å². The highest BCUT2D eigenvalue weighted by Gasteiger charge is 2.10. The molecule has 108 valence electrons. The van der Waals surface area contributed by atoms with Crippen LogP contribution in [0.1, 0.15) is 19.4 Å². The van der Waals surface area contributed by atoms with Crippen LogP contribution in [0, 0.1) is 5.92 Å². The molecule has 0 aliphatic carbocycles. The fraction of sp³-hybridized carbons (Fsp3) is 0.438. The third-order valence-electron chi connectivity index (χ3n) is 3.27. The Labute approximate surface area is 119 Å². The normalized spacial score (nSPS) is 11.2. The van der Waals surface area contributed by atoms with Gasteiger partial charge < -0.3 is 14.6 Å². The molecule has 4 nitrogen and oxygen atoms in total. The number of esters is 1. The number of fused-ring (bicyclic) bond motifs is 1. The number of carbonyl (C=O) groups is 1.